The molecule has 15 heavy (non-hydrogen) atoms. The van der Waals surface area contributed by atoms with Gasteiger partial charge in [0.25, 0.3) is 5.17 Å². The van der Waals surface area contributed by atoms with Gasteiger partial charge in [0.2, 0.25) is 5.78 Å². The summed E-state index contributed by atoms with van der Waals surface area (Å²) in [6.07, 6.45) is -0.483. The van der Waals surface area contributed by atoms with Crippen LogP contribution in [0.25, 0.3) is 0 Å². The molecule has 2 aliphatic rings. The number of ether oxygens (including phenoxy) is 1. The lowest BCUT2D eigenvalue weighted by atomic mass is 10.2. The Morgan fingerprint density at radius 3 is 2.87 bits per heavy atom. The van der Waals surface area contributed by atoms with E-state index in [0.717, 1.165) is 18.7 Å². The molecule has 7 heteroatoms. The first-order chi connectivity index (χ1) is 7.09. The zero-order chi connectivity index (χ0) is 10.7. The number of carbonyl (C=O) groups excluding carboxylic acids is 1. The molecule has 3 nitrogen and oxygen atoms in total. The van der Waals surface area contributed by atoms with Gasteiger partial charge in [-0.25, -0.2) is 0 Å². The van der Waals surface area contributed by atoms with Crippen molar-refractivity contribution >= 4 is 66.4 Å². The topological polar surface area (TPSA) is 38.3 Å². The van der Waals surface area contributed by atoms with Gasteiger partial charge in [0.1, 0.15) is 6.04 Å². The van der Waals surface area contributed by atoms with Crippen LogP contribution in [-0.2, 0) is 4.74 Å². The lowest BCUT2D eigenvalue weighted by Crippen LogP contribution is -2.21. The van der Waals surface area contributed by atoms with Gasteiger partial charge in [-0.15, -0.1) is 11.3 Å². The Labute approximate surface area is 111 Å². The van der Waals surface area contributed by atoms with Crippen LogP contribution in [0.15, 0.2) is 7.57 Å². The van der Waals surface area contributed by atoms with E-state index >= 15 is 0 Å². The van der Waals surface area contributed by atoms with E-state index in [0.29, 0.717) is 5.17 Å². The lowest BCUT2D eigenvalue weighted by molar-refractivity contribution is 0.0818. The van der Waals surface area contributed by atoms with Gasteiger partial charge in [-0.2, -0.15) is 0 Å². The maximum absolute atomic E-state index is 12.0. The molecule has 1 aliphatic carbocycles. The van der Waals surface area contributed by atoms with Crippen molar-refractivity contribution in [3.8, 4) is 0 Å². The number of thiocarbonyl (C=S) groups is 1. The molecular formula is C8H3Br2NO2S2. The summed E-state index contributed by atoms with van der Waals surface area (Å²) in [7, 11) is 0. The van der Waals surface area contributed by atoms with E-state index in [1.165, 1.54) is 11.3 Å². The van der Waals surface area contributed by atoms with Crippen LogP contribution in [0.2, 0.25) is 0 Å². The lowest BCUT2D eigenvalue weighted by Gasteiger charge is -2.05. The van der Waals surface area contributed by atoms with E-state index in [9.17, 15) is 4.79 Å². The molecule has 0 amide bonds. The second kappa shape index (κ2) is 3.26. The Kier molecular flexibility index (Phi) is 2.21. The minimum atomic E-state index is -0.483. The van der Waals surface area contributed by atoms with Crippen LogP contribution >= 0.6 is 55.4 Å². The van der Waals surface area contributed by atoms with Crippen LogP contribution in [0, 0.1) is 0 Å². The third kappa shape index (κ3) is 1.26. The van der Waals surface area contributed by atoms with Crippen LogP contribution < -0.4 is 5.32 Å². The quantitative estimate of drug-likeness (QED) is 0.714. The van der Waals surface area contributed by atoms with Gasteiger partial charge >= 0.3 is 0 Å². The number of halogens is 2. The zero-order valence-electron chi connectivity index (χ0n) is 7.04. The van der Waals surface area contributed by atoms with E-state index < -0.39 is 6.10 Å². The van der Waals surface area contributed by atoms with E-state index in [-0.39, 0.29) is 11.8 Å². The van der Waals surface area contributed by atoms with E-state index in [1.807, 2.05) is 0 Å². The molecule has 0 spiro atoms. The molecule has 78 valence electrons. The summed E-state index contributed by atoms with van der Waals surface area (Å²) >= 11 is 13.2. The van der Waals surface area contributed by atoms with Gasteiger partial charge in [0, 0.05) is 5.56 Å². The largest absolute Gasteiger partial charge is 0.457 e. The van der Waals surface area contributed by atoms with Gasteiger partial charge in [-0.3, -0.25) is 4.79 Å². The standard InChI is InChI=1S/C8H3Br2NO2S2/c9-6-1-2(7(10)15-6)4(12)5-3(1)11-8(14)13-5/h3,5H,(H,11,14)/t3-,5-/m1/s1. The fourth-order valence-corrected chi connectivity index (χ4v) is 5.40. The molecule has 1 aliphatic heterocycles. The van der Waals surface area contributed by atoms with Gasteiger partial charge in [-0.1, -0.05) is 0 Å². The first kappa shape index (κ1) is 10.2. The third-order valence-electron chi connectivity index (χ3n) is 2.48. The first-order valence-electron chi connectivity index (χ1n) is 4.08. The fourth-order valence-electron chi connectivity index (χ4n) is 1.89. The minimum absolute atomic E-state index is 0.00354. The van der Waals surface area contributed by atoms with Gasteiger partial charge in [-0.05, 0) is 44.1 Å². The highest BCUT2D eigenvalue weighted by molar-refractivity contribution is 9.12. The van der Waals surface area contributed by atoms with Crippen LogP contribution in [0.5, 0.6) is 0 Å². The molecule has 2 heterocycles. The van der Waals surface area contributed by atoms with E-state index in [4.69, 9.17) is 17.0 Å². The average Bonchev–Trinajstić information content (AvgIpc) is 2.71. The first-order valence-corrected chi connectivity index (χ1v) is 6.89. The van der Waals surface area contributed by atoms with E-state index in [1.54, 1.807) is 0 Å². The smallest absolute Gasteiger partial charge is 0.258 e. The summed E-state index contributed by atoms with van der Waals surface area (Å²) in [5.74, 6) is -0.00354. The van der Waals surface area contributed by atoms with Crippen LogP contribution in [0.1, 0.15) is 22.0 Å². The molecule has 0 unspecified atom stereocenters. The number of hydrogen-bond acceptors (Lipinski definition) is 4. The number of nitrogens with one attached hydrogen (secondary N) is 1. The van der Waals surface area contributed by atoms with Crippen molar-refractivity contribution in [2.24, 2.45) is 0 Å². The highest BCUT2D eigenvalue weighted by Crippen LogP contribution is 2.48. The summed E-state index contributed by atoms with van der Waals surface area (Å²) in [5.41, 5.74) is 1.68. The number of Topliss-reactive ketones (excluding diaryl/α,β-unsaturated/α-hetero) is 1. The van der Waals surface area contributed by atoms with Gasteiger partial charge in [0.05, 0.1) is 13.1 Å². The molecular weight excluding hydrogens is 366 g/mol. The third-order valence-corrected chi connectivity index (χ3v) is 5.27. The van der Waals surface area contributed by atoms with Crippen molar-refractivity contribution in [3.63, 3.8) is 0 Å². The maximum atomic E-state index is 12.0. The fraction of sp³-hybridized carbons (Fsp3) is 0.250. The predicted molar refractivity (Wildman–Crippen MR) is 67.4 cm³/mol. The number of carbonyl (C=O) groups is 1. The van der Waals surface area contributed by atoms with Gasteiger partial charge < -0.3 is 10.1 Å². The highest BCUT2D eigenvalue weighted by Gasteiger charge is 2.49. The summed E-state index contributed by atoms with van der Waals surface area (Å²) in [5, 5.41) is 3.30. The molecule has 1 fully saturated rings. The molecule has 0 bridgehead atoms. The molecule has 1 saturated heterocycles. The monoisotopic (exact) mass is 367 g/mol. The molecule has 3 rings (SSSR count). The molecule has 0 saturated carbocycles. The Hall–Kier alpha value is 0.0200. The van der Waals surface area contributed by atoms with Gasteiger partial charge in [0.15, 0.2) is 6.10 Å². The molecule has 1 N–H and O–H groups in total. The summed E-state index contributed by atoms with van der Waals surface area (Å²) < 4.78 is 7.08. The second-order valence-corrected chi connectivity index (χ2v) is 7.28. The molecule has 1 aromatic rings. The van der Waals surface area contributed by atoms with Crippen LogP contribution in [0.4, 0.5) is 0 Å². The molecule has 1 aromatic heterocycles. The molecule has 2 atom stereocenters. The van der Waals surface area contributed by atoms with Crippen molar-refractivity contribution < 1.29 is 9.53 Å². The molecule has 0 aromatic carbocycles. The van der Waals surface area contributed by atoms with Crippen molar-refractivity contribution in [1.29, 1.82) is 0 Å². The number of ketones is 1. The Balaban J connectivity index is 2.21. The summed E-state index contributed by atoms with van der Waals surface area (Å²) in [6.45, 7) is 0. The Morgan fingerprint density at radius 2 is 2.13 bits per heavy atom. The number of rotatable bonds is 0. The summed E-state index contributed by atoms with van der Waals surface area (Å²) in [6, 6.07) is -0.128. The minimum Gasteiger partial charge on any atom is -0.457 e. The number of thiophene rings is 1. The molecule has 0 radical (unpaired) electrons. The maximum Gasteiger partial charge on any atom is 0.258 e. The van der Waals surface area contributed by atoms with E-state index in [2.05, 4.69) is 37.2 Å². The number of fused-ring (bicyclic) bond motifs is 3. The SMILES string of the molecule is O=C1c2c(Br)sc(Br)c2[C@H]2NC(=S)O[C@@H]12. The van der Waals surface area contributed by atoms with Crippen molar-refractivity contribution in [2.75, 3.05) is 0 Å². The van der Waals surface area contributed by atoms with Crippen LogP contribution in [0.3, 0.4) is 0 Å². The second-order valence-electron chi connectivity index (χ2n) is 3.25. The van der Waals surface area contributed by atoms with Crippen LogP contribution in [-0.4, -0.2) is 17.1 Å². The Bertz CT molecular complexity index is 499. The number of hydrogen-bond donors (Lipinski definition) is 1. The highest BCUT2D eigenvalue weighted by atomic mass is 79.9. The normalized spacial score (nSPS) is 27.3. The van der Waals surface area contributed by atoms with Crippen molar-refractivity contribution in [1.82, 2.24) is 5.32 Å². The predicted octanol–water partition coefficient (Wildman–Crippen LogP) is 2.78. The van der Waals surface area contributed by atoms with Crippen molar-refractivity contribution in [2.45, 2.75) is 12.1 Å². The zero-order valence-corrected chi connectivity index (χ0v) is 11.8. The summed E-state index contributed by atoms with van der Waals surface area (Å²) in [4.78, 5) is 12.0. The Morgan fingerprint density at radius 1 is 1.40 bits per heavy atom. The van der Waals surface area contributed by atoms with Crippen molar-refractivity contribution in [3.05, 3.63) is 18.7 Å². The average molecular weight is 369 g/mol.